The maximum atomic E-state index is 14.6. The van der Waals surface area contributed by atoms with Gasteiger partial charge in [-0.2, -0.15) is 0 Å². The Kier molecular flexibility index (Phi) is 5.17. The number of aromatic amines is 1. The van der Waals surface area contributed by atoms with Gasteiger partial charge in [0.1, 0.15) is 5.82 Å². The van der Waals surface area contributed by atoms with Crippen LogP contribution in [-0.4, -0.2) is 28.9 Å². The summed E-state index contributed by atoms with van der Waals surface area (Å²) in [7, 11) is 0. The first-order chi connectivity index (χ1) is 13.9. The van der Waals surface area contributed by atoms with Gasteiger partial charge in [0.05, 0.1) is 5.54 Å². The van der Waals surface area contributed by atoms with Crippen molar-refractivity contribution in [3.8, 4) is 0 Å². The Labute approximate surface area is 171 Å². The number of aryl methyl sites for hydroxylation is 2. The van der Waals surface area contributed by atoms with E-state index in [-0.39, 0.29) is 11.7 Å². The molecule has 0 radical (unpaired) electrons. The largest absolute Gasteiger partial charge is 0.358 e. The van der Waals surface area contributed by atoms with E-state index in [2.05, 4.69) is 47.2 Å². The minimum atomic E-state index is -0.639. The summed E-state index contributed by atoms with van der Waals surface area (Å²) in [6, 6.07) is 13.3. The highest BCUT2D eigenvalue weighted by Gasteiger charge is 2.38. The Morgan fingerprint density at radius 2 is 1.90 bits per heavy atom. The molecule has 1 saturated heterocycles. The van der Waals surface area contributed by atoms with Crippen molar-refractivity contribution in [2.24, 2.45) is 0 Å². The molecule has 0 atom stereocenters. The predicted octanol–water partition coefficient (Wildman–Crippen LogP) is 4.55. The van der Waals surface area contributed by atoms with E-state index in [9.17, 15) is 9.18 Å². The molecule has 152 valence electrons. The molecule has 1 aromatic heterocycles. The molecule has 1 fully saturated rings. The van der Waals surface area contributed by atoms with Gasteiger partial charge in [0.2, 0.25) is 5.91 Å². The normalized spacial score (nSPS) is 16.8. The fourth-order valence-corrected chi connectivity index (χ4v) is 4.66. The highest BCUT2D eigenvalue weighted by Crippen LogP contribution is 2.35. The molecule has 3 aromatic rings. The molecule has 4 rings (SSSR count). The summed E-state index contributed by atoms with van der Waals surface area (Å²) in [5.41, 5.74) is 4.88. The lowest BCUT2D eigenvalue weighted by Crippen LogP contribution is -2.52. The van der Waals surface area contributed by atoms with Gasteiger partial charge in [-0.15, -0.1) is 0 Å². The average molecular weight is 394 g/mol. The number of H-pyrrole nitrogens is 1. The van der Waals surface area contributed by atoms with Crippen LogP contribution < -0.4 is 5.32 Å². The number of amides is 1. The lowest BCUT2D eigenvalue weighted by molar-refractivity contribution is -0.121. The molecule has 5 heteroatoms. The number of hydrogen-bond acceptors (Lipinski definition) is 2. The molecular weight excluding hydrogens is 365 g/mol. The molecule has 2 N–H and O–H groups in total. The van der Waals surface area contributed by atoms with E-state index in [0.717, 1.165) is 19.6 Å². The molecule has 2 heterocycles. The molecule has 4 nitrogen and oxygen atoms in total. The zero-order chi connectivity index (χ0) is 20.6. The molecule has 0 aliphatic carbocycles. The minimum absolute atomic E-state index is 0.121. The van der Waals surface area contributed by atoms with E-state index in [0.29, 0.717) is 18.4 Å². The average Bonchev–Trinajstić information content (AvgIpc) is 2.98. The van der Waals surface area contributed by atoms with Crippen molar-refractivity contribution in [1.82, 2.24) is 15.2 Å². The second-order valence-electron chi connectivity index (χ2n) is 8.30. The van der Waals surface area contributed by atoms with Crippen LogP contribution in [0.1, 0.15) is 42.1 Å². The number of nitrogens with zero attached hydrogens (tertiary/aromatic N) is 1. The summed E-state index contributed by atoms with van der Waals surface area (Å²) in [4.78, 5) is 17.8. The van der Waals surface area contributed by atoms with Gasteiger partial charge in [-0.1, -0.05) is 29.8 Å². The fraction of sp³-hybridized carbons (Fsp3) is 0.375. The number of benzene rings is 2. The number of carbonyl (C=O) groups excluding carboxylic acids is 1. The summed E-state index contributed by atoms with van der Waals surface area (Å²) in [6.07, 6.45) is 1.38. The number of nitrogens with one attached hydrogen (secondary N) is 2. The quantitative estimate of drug-likeness (QED) is 0.683. The monoisotopic (exact) mass is 393 g/mol. The predicted molar refractivity (Wildman–Crippen MR) is 114 cm³/mol. The van der Waals surface area contributed by atoms with Crippen LogP contribution in [-0.2, 0) is 16.9 Å². The van der Waals surface area contributed by atoms with Gasteiger partial charge in [0.25, 0.3) is 0 Å². The van der Waals surface area contributed by atoms with Crippen LogP contribution in [0.15, 0.2) is 42.5 Å². The summed E-state index contributed by atoms with van der Waals surface area (Å²) in [5, 5.41) is 4.34. The summed E-state index contributed by atoms with van der Waals surface area (Å²) in [6.45, 7) is 8.19. The highest BCUT2D eigenvalue weighted by atomic mass is 19.1. The number of rotatable bonds is 4. The summed E-state index contributed by atoms with van der Waals surface area (Å²) in [5.74, 6) is -0.373. The van der Waals surface area contributed by atoms with Crippen molar-refractivity contribution < 1.29 is 9.18 Å². The Balaban J connectivity index is 1.57. The highest BCUT2D eigenvalue weighted by molar-refractivity contribution is 5.85. The lowest BCUT2D eigenvalue weighted by atomic mass is 9.80. The molecule has 29 heavy (non-hydrogen) atoms. The van der Waals surface area contributed by atoms with E-state index in [1.807, 2.05) is 6.07 Å². The first-order valence-electron chi connectivity index (χ1n) is 10.2. The van der Waals surface area contributed by atoms with Crippen molar-refractivity contribution >= 4 is 16.8 Å². The third-order valence-corrected chi connectivity index (χ3v) is 6.17. The Hall–Kier alpha value is -2.66. The van der Waals surface area contributed by atoms with Crippen molar-refractivity contribution in [1.29, 1.82) is 0 Å². The van der Waals surface area contributed by atoms with Gasteiger partial charge in [-0.3, -0.25) is 9.69 Å². The third kappa shape index (κ3) is 3.79. The fourth-order valence-electron chi connectivity index (χ4n) is 4.66. The molecular formula is C24H28FN3O. The standard InChI is InChI=1S/C24H28FN3O/c1-16-8-9-23-19(14-16)20(17(2)26-23)15-28-12-10-24(11-13-28,27-18(3)29)21-6-4-5-7-22(21)25/h4-9,14,26H,10-13,15H2,1-3H3,(H,27,29). The molecule has 1 amide bonds. The van der Waals surface area contributed by atoms with E-state index in [1.165, 1.54) is 40.7 Å². The van der Waals surface area contributed by atoms with E-state index >= 15 is 0 Å². The van der Waals surface area contributed by atoms with Crippen LogP contribution >= 0.6 is 0 Å². The SMILES string of the molecule is CC(=O)NC1(c2ccccc2F)CCN(Cc2c(C)[nH]c3ccc(C)cc23)CC1. The first-order valence-corrected chi connectivity index (χ1v) is 10.2. The number of halogens is 1. The van der Waals surface area contributed by atoms with Crippen LogP contribution in [0.3, 0.4) is 0 Å². The summed E-state index contributed by atoms with van der Waals surface area (Å²) < 4.78 is 14.6. The van der Waals surface area contributed by atoms with E-state index < -0.39 is 5.54 Å². The van der Waals surface area contributed by atoms with Gasteiger partial charge >= 0.3 is 0 Å². The molecule has 0 saturated carbocycles. The number of aromatic nitrogens is 1. The van der Waals surface area contributed by atoms with Crippen molar-refractivity contribution in [3.05, 3.63) is 70.7 Å². The Bertz CT molecular complexity index is 1050. The molecule has 0 unspecified atom stereocenters. The van der Waals surface area contributed by atoms with Crippen molar-refractivity contribution in [3.63, 3.8) is 0 Å². The maximum absolute atomic E-state index is 14.6. The van der Waals surface area contributed by atoms with Gasteiger partial charge in [-0.05, 0) is 50.5 Å². The smallest absolute Gasteiger partial charge is 0.217 e. The van der Waals surface area contributed by atoms with Crippen LogP contribution in [0.25, 0.3) is 10.9 Å². The topological polar surface area (TPSA) is 48.1 Å². The zero-order valence-corrected chi connectivity index (χ0v) is 17.3. The van der Waals surface area contributed by atoms with E-state index in [4.69, 9.17) is 0 Å². The third-order valence-electron chi connectivity index (χ3n) is 6.17. The van der Waals surface area contributed by atoms with Crippen LogP contribution in [0.4, 0.5) is 4.39 Å². The van der Waals surface area contributed by atoms with Crippen LogP contribution in [0.2, 0.25) is 0 Å². The van der Waals surface area contributed by atoms with Gasteiger partial charge in [0.15, 0.2) is 0 Å². The molecule has 0 spiro atoms. The van der Waals surface area contributed by atoms with Crippen LogP contribution in [0.5, 0.6) is 0 Å². The van der Waals surface area contributed by atoms with Gasteiger partial charge in [-0.25, -0.2) is 4.39 Å². The molecule has 1 aliphatic heterocycles. The van der Waals surface area contributed by atoms with Crippen molar-refractivity contribution in [2.45, 2.75) is 45.7 Å². The Morgan fingerprint density at radius 3 is 2.59 bits per heavy atom. The van der Waals surface area contributed by atoms with Gasteiger partial charge in [0, 0.05) is 48.7 Å². The number of fused-ring (bicyclic) bond motifs is 1. The van der Waals surface area contributed by atoms with Gasteiger partial charge < -0.3 is 10.3 Å². The number of likely N-dealkylation sites (tertiary alicyclic amines) is 1. The van der Waals surface area contributed by atoms with E-state index in [1.54, 1.807) is 12.1 Å². The second-order valence-corrected chi connectivity index (χ2v) is 8.30. The van der Waals surface area contributed by atoms with Crippen molar-refractivity contribution in [2.75, 3.05) is 13.1 Å². The number of hydrogen-bond donors (Lipinski definition) is 2. The maximum Gasteiger partial charge on any atom is 0.217 e. The van der Waals surface area contributed by atoms with Crippen LogP contribution in [0, 0.1) is 19.7 Å². The number of carbonyl (C=O) groups is 1. The minimum Gasteiger partial charge on any atom is -0.358 e. The number of piperidine rings is 1. The summed E-state index contributed by atoms with van der Waals surface area (Å²) >= 11 is 0. The lowest BCUT2D eigenvalue weighted by Gasteiger charge is -2.42. The molecule has 1 aliphatic rings. The zero-order valence-electron chi connectivity index (χ0n) is 17.3. The first kappa shape index (κ1) is 19.6. The second kappa shape index (κ2) is 7.64. The molecule has 2 aromatic carbocycles. The molecule has 0 bridgehead atoms. The Morgan fingerprint density at radius 1 is 1.17 bits per heavy atom.